The quantitative estimate of drug-likeness (QED) is 0.184. The molecule has 35 heavy (non-hydrogen) atoms. The molecule has 0 bridgehead atoms. The molecule has 2 aromatic heterocycles. The van der Waals surface area contributed by atoms with E-state index in [-0.39, 0.29) is 12.3 Å². The number of hydrogen-bond donors (Lipinski definition) is 2. The number of aromatic nitrogens is 4. The van der Waals surface area contributed by atoms with Crippen LogP contribution in [-0.2, 0) is 22.5 Å². The van der Waals surface area contributed by atoms with Crippen molar-refractivity contribution < 1.29 is 19.0 Å². The first kappa shape index (κ1) is 26.6. The molecule has 0 atom stereocenters. The van der Waals surface area contributed by atoms with Crippen molar-refractivity contribution in [1.82, 2.24) is 25.1 Å². The first-order valence-corrected chi connectivity index (χ1v) is 12.7. The summed E-state index contributed by atoms with van der Waals surface area (Å²) in [5, 5.41) is 12.3. The Kier molecular flexibility index (Phi) is 10.4. The first-order valence-electron chi connectivity index (χ1n) is 11.7. The van der Waals surface area contributed by atoms with Crippen molar-refractivity contribution in [2.24, 2.45) is 0 Å². The van der Waals surface area contributed by atoms with Crippen molar-refractivity contribution >= 4 is 34.5 Å². The largest absolute Gasteiger partial charge is 0.493 e. The van der Waals surface area contributed by atoms with Gasteiger partial charge in [-0.3, -0.25) is 4.79 Å². The van der Waals surface area contributed by atoms with Gasteiger partial charge in [-0.25, -0.2) is 14.6 Å². The van der Waals surface area contributed by atoms with Crippen LogP contribution in [0.3, 0.4) is 0 Å². The summed E-state index contributed by atoms with van der Waals surface area (Å²) in [4.78, 5) is 21.9. The van der Waals surface area contributed by atoms with E-state index in [0.717, 1.165) is 34.6 Å². The van der Waals surface area contributed by atoms with Crippen LogP contribution in [0.15, 0.2) is 29.6 Å². The fourth-order valence-electron chi connectivity index (χ4n) is 3.42. The Morgan fingerprint density at radius 3 is 2.69 bits per heavy atom. The van der Waals surface area contributed by atoms with Crippen molar-refractivity contribution in [2.45, 2.75) is 38.4 Å². The summed E-state index contributed by atoms with van der Waals surface area (Å²) >= 11 is 1.62. The monoisotopic (exact) mass is 502 g/mol. The zero-order valence-electron chi connectivity index (χ0n) is 20.8. The van der Waals surface area contributed by atoms with E-state index >= 15 is 0 Å². The maximum atomic E-state index is 12.5. The number of rotatable bonds is 15. The Hall–Kier alpha value is -3.05. The van der Waals surface area contributed by atoms with Gasteiger partial charge in [-0.05, 0) is 31.0 Å². The SMILES string of the molecule is CCCSc1nc(NCCOCC)c2cnn(CCNC(=O)Cc3ccc(OC)c(OC)c3)c2n1. The van der Waals surface area contributed by atoms with Gasteiger partial charge in [0.15, 0.2) is 22.3 Å². The molecule has 0 saturated heterocycles. The molecule has 2 heterocycles. The smallest absolute Gasteiger partial charge is 0.224 e. The molecule has 0 fully saturated rings. The Morgan fingerprint density at radius 2 is 1.94 bits per heavy atom. The standard InChI is InChI=1S/C24H34N6O4S/c1-5-13-35-24-28-22(26-10-12-34-6-2)18-16-27-30(23(18)29-24)11-9-25-21(31)15-17-7-8-19(32-3)20(14-17)33-4/h7-8,14,16H,5-6,9-13,15H2,1-4H3,(H,25,31)(H,26,28,29). The number of anilines is 1. The number of carbonyl (C=O) groups excluding carboxylic acids is 1. The number of thioether (sulfide) groups is 1. The summed E-state index contributed by atoms with van der Waals surface area (Å²) in [6.45, 7) is 6.94. The van der Waals surface area contributed by atoms with E-state index in [4.69, 9.17) is 19.2 Å². The lowest BCUT2D eigenvalue weighted by Crippen LogP contribution is -2.29. The predicted octanol–water partition coefficient (Wildman–Crippen LogP) is 3.15. The lowest BCUT2D eigenvalue weighted by Gasteiger charge is -2.11. The molecule has 0 unspecified atom stereocenters. The number of nitrogens with one attached hydrogen (secondary N) is 2. The number of amides is 1. The molecule has 1 amide bonds. The summed E-state index contributed by atoms with van der Waals surface area (Å²) in [6.07, 6.45) is 3.04. The third-order valence-electron chi connectivity index (χ3n) is 5.11. The van der Waals surface area contributed by atoms with E-state index < -0.39 is 0 Å². The highest BCUT2D eigenvalue weighted by Gasteiger charge is 2.14. The van der Waals surface area contributed by atoms with Crippen LogP contribution in [0.5, 0.6) is 11.5 Å². The van der Waals surface area contributed by atoms with E-state index in [1.807, 2.05) is 19.1 Å². The fourth-order valence-corrected chi connectivity index (χ4v) is 4.11. The summed E-state index contributed by atoms with van der Waals surface area (Å²) in [6, 6.07) is 5.46. The van der Waals surface area contributed by atoms with Crippen LogP contribution in [0.1, 0.15) is 25.8 Å². The van der Waals surface area contributed by atoms with Gasteiger partial charge in [0, 0.05) is 25.4 Å². The van der Waals surface area contributed by atoms with Crippen LogP contribution >= 0.6 is 11.8 Å². The lowest BCUT2D eigenvalue weighted by molar-refractivity contribution is -0.120. The van der Waals surface area contributed by atoms with Crippen LogP contribution in [0.2, 0.25) is 0 Å². The molecule has 0 aliphatic carbocycles. The van der Waals surface area contributed by atoms with Gasteiger partial charge >= 0.3 is 0 Å². The minimum atomic E-state index is -0.0826. The average molecular weight is 503 g/mol. The Bertz CT molecular complexity index is 1110. The second-order valence-electron chi connectivity index (χ2n) is 7.65. The van der Waals surface area contributed by atoms with Gasteiger partial charge in [0.05, 0.1) is 45.4 Å². The molecule has 3 rings (SSSR count). The normalized spacial score (nSPS) is 11.0. The molecule has 1 aromatic carbocycles. The van der Waals surface area contributed by atoms with E-state index in [9.17, 15) is 4.79 Å². The molecular weight excluding hydrogens is 468 g/mol. The number of nitrogens with zero attached hydrogens (tertiary/aromatic N) is 4. The Labute approximate surface area is 210 Å². The number of benzene rings is 1. The van der Waals surface area contributed by atoms with Gasteiger partial charge in [-0.15, -0.1) is 0 Å². The van der Waals surface area contributed by atoms with Crippen molar-refractivity contribution in [2.75, 3.05) is 51.6 Å². The molecule has 2 N–H and O–H groups in total. The second-order valence-corrected chi connectivity index (χ2v) is 8.71. The van der Waals surface area contributed by atoms with Crippen LogP contribution in [0.25, 0.3) is 11.0 Å². The van der Waals surface area contributed by atoms with Crippen molar-refractivity contribution in [1.29, 1.82) is 0 Å². The number of ether oxygens (including phenoxy) is 3. The second kappa shape index (κ2) is 13.7. The molecule has 3 aromatic rings. The van der Waals surface area contributed by atoms with Crippen LogP contribution in [0, 0.1) is 0 Å². The summed E-state index contributed by atoms with van der Waals surface area (Å²) in [5.41, 5.74) is 1.59. The van der Waals surface area contributed by atoms with Crippen LogP contribution < -0.4 is 20.1 Å². The average Bonchev–Trinajstić information content (AvgIpc) is 3.28. The van der Waals surface area contributed by atoms with Crippen molar-refractivity contribution in [3.63, 3.8) is 0 Å². The number of carbonyl (C=O) groups is 1. The molecule has 0 spiro atoms. The molecule has 0 radical (unpaired) electrons. The molecular formula is C24H34N6O4S. The van der Waals surface area contributed by atoms with E-state index in [0.29, 0.717) is 49.5 Å². The molecule has 11 heteroatoms. The highest BCUT2D eigenvalue weighted by Crippen LogP contribution is 2.28. The van der Waals surface area contributed by atoms with E-state index in [1.165, 1.54) is 0 Å². The van der Waals surface area contributed by atoms with E-state index in [1.54, 1.807) is 42.9 Å². The van der Waals surface area contributed by atoms with Crippen LogP contribution in [0.4, 0.5) is 5.82 Å². The number of hydrogen-bond acceptors (Lipinski definition) is 9. The Balaban J connectivity index is 1.64. The van der Waals surface area contributed by atoms with Gasteiger partial charge in [0.2, 0.25) is 5.91 Å². The van der Waals surface area contributed by atoms with Gasteiger partial charge in [0.1, 0.15) is 5.82 Å². The van der Waals surface area contributed by atoms with Crippen molar-refractivity contribution in [3.8, 4) is 11.5 Å². The van der Waals surface area contributed by atoms with Gasteiger partial charge in [-0.2, -0.15) is 5.10 Å². The molecule has 0 aliphatic rings. The lowest BCUT2D eigenvalue weighted by atomic mass is 10.1. The third kappa shape index (κ3) is 7.46. The Morgan fingerprint density at radius 1 is 1.11 bits per heavy atom. The topological polar surface area (TPSA) is 112 Å². The van der Waals surface area contributed by atoms with Gasteiger partial charge < -0.3 is 24.8 Å². The van der Waals surface area contributed by atoms with E-state index in [2.05, 4.69) is 27.6 Å². The highest BCUT2D eigenvalue weighted by atomic mass is 32.2. The van der Waals surface area contributed by atoms with Gasteiger partial charge in [-0.1, -0.05) is 24.8 Å². The third-order valence-corrected chi connectivity index (χ3v) is 6.17. The minimum Gasteiger partial charge on any atom is -0.493 e. The first-order chi connectivity index (χ1) is 17.1. The predicted molar refractivity (Wildman–Crippen MR) is 138 cm³/mol. The maximum Gasteiger partial charge on any atom is 0.224 e. The van der Waals surface area contributed by atoms with Crippen LogP contribution in [-0.4, -0.2) is 71.9 Å². The number of fused-ring (bicyclic) bond motifs is 1. The van der Waals surface area contributed by atoms with Gasteiger partial charge in [0.25, 0.3) is 0 Å². The maximum absolute atomic E-state index is 12.5. The summed E-state index contributed by atoms with van der Waals surface area (Å²) in [7, 11) is 3.16. The summed E-state index contributed by atoms with van der Waals surface area (Å²) < 4.78 is 17.8. The fraction of sp³-hybridized carbons (Fsp3) is 0.500. The highest BCUT2D eigenvalue weighted by molar-refractivity contribution is 7.99. The minimum absolute atomic E-state index is 0.0826. The molecule has 0 aliphatic heterocycles. The molecule has 190 valence electrons. The van der Waals surface area contributed by atoms with Crippen molar-refractivity contribution in [3.05, 3.63) is 30.0 Å². The zero-order valence-corrected chi connectivity index (χ0v) is 21.6. The zero-order chi connectivity index (χ0) is 25.0. The number of methoxy groups -OCH3 is 2. The molecule has 10 nitrogen and oxygen atoms in total. The summed E-state index contributed by atoms with van der Waals surface area (Å²) in [5.74, 6) is 2.83. The molecule has 0 saturated carbocycles.